The van der Waals surface area contributed by atoms with Gasteiger partial charge in [-0.3, -0.25) is 4.79 Å². The maximum Gasteiger partial charge on any atom is 0.270 e. The van der Waals surface area contributed by atoms with Crippen LogP contribution in [0, 0.1) is 0 Å². The van der Waals surface area contributed by atoms with Crippen LogP contribution < -0.4 is 5.32 Å². The summed E-state index contributed by atoms with van der Waals surface area (Å²) in [6.45, 7) is 2.01. The first-order chi connectivity index (χ1) is 15.0. The highest BCUT2D eigenvalue weighted by Crippen LogP contribution is 2.27. The predicted molar refractivity (Wildman–Crippen MR) is 126 cm³/mol. The van der Waals surface area contributed by atoms with Crippen LogP contribution in [0.1, 0.15) is 34.5 Å². The van der Waals surface area contributed by atoms with Crippen molar-refractivity contribution in [2.75, 3.05) is 0 Å². The van der Waals surface area contributed by atoms with Crippen molar-refractivity contribution >= 4 is 40.1 Å². The molecule has 0 saturated heterocycles. The first-order valence-corrected chi connectivity index (χ1v) is 10.8. The minimum Gasteiger partial charge on any atom is -0.348 e. The normalized spacial score (nSPS) is 13.0. The van der Waals surface area contributed by atoms with E-state index in [2.05, 4.69) is 15.3 Å². The van der Waals surface area contributed by atoms with E-state index in [1.54, 1.807) is 12.3 Å². The third kappa shape index (κ3) is 5.22. The quantitative estimate of drug-likeness (QED) is 0.387. The zero-order valence-corrected chi connectivity index (χ0v) is 18.4. The van der Waals surface area contributed by atoms with Gasteiger partial charge in [0.05, 0.1) is 0 Å². The largest absolute Gasteiger partial charge is 0.348 e. The van der Waals surface area contributed by atoms with E-state index in [0.717, 1.165) is 22.9 Å². The average Bonchev–Trinajstić information content (AvgIpc) is 2.79. The number of hydrogen-bond donors (Lipinski definition) is 1. The van der Waals surface area contributed by atoms with E-state index in [-0.39, 0.29) is 17.9 Å². The summed E-state index contributed by atoms with van der Waals surface area (Å²) in [5, 5.41) is 5.39. The van der Waals surface area contributed by atoms with Crippen molar-refractivity contribution in [2.45, 2.75) is 25.3 Å². The van der Waals surface area contributed by atoms with Crippen LogP contribution in [-0.2, 0) is 6.42 Å². The Morgan fingerprint density at radius 1 is 0.935 bits per heavy atom. The number of nitrogens with one attached hydrogen (secondary N) is 1. The number of carbonyl (C=O) groups is 1. The fourth-order valence-corrected chi connectivity index (χ4v) is 3.88. The first kappa shape index (κ1) is 21.3. The minimum absolute atomic E-state index is 0.0426. The molecule has 0 bridgehead atoms. The lowest BCUT2D eigenvalue weighted by molar-refractivity contribution is 0.0929. The molecule has 0 unspecified atom stereocenters. The van der Waals surface area contributed by atoms with Gasteiger partial charge in [-0.25, -0.2) is 9.97 Å². The van der Waals surface area contributed by atoms with Crippen molar-refractivity contribution in [1.82, 2.24) is 15.3 Å². The van der Waals surface area contributed by atoms with Crippen LogP contribution >= 0.6 is 23.2 Å². The Kier molecular flexibility index (Phi) is 6.50. The molecule has 6 heteroatoms. The number of fused-ring (bicyclic) bond motifs is 1. The monoisotopic (exact) mass is 449 g/mol. The fraction of sp³-hybridized carbons (Fsp3) is 0.160. The second kappa shape index (κ2) is 9.46. The van der Waals surface area contributed by atoms with Crippen molar-refractivity contribution in [3.05, 3.63) is 106 Å². The number of rotatable bonds is 6. The molecule has 0 spiro atoms. The lowest BCUT2D eigenvalue weighted by atomic mass is 9.86. The smallest absolute Gasteiger partial charge is 0.270 e. The molecule has 2 aromatic carbocycles. The Balaban J connectivity index is 1.57. The van der Waals surface area contributed by atoms with Crippen LogP contribution in [0.2, 0.25) is 10.0 Å². The van der Waals surface area contributed by atoms with Crippen LogP contribution in [0.5, 0.6) is 0 Å². The Bertz CT molecular complexity index is 1190. The summed E-state index contributed by atoms with van der Waals surface area (Å²) < 4.78 is 0. The lowest BCUT2D eigenvalue weighted by Crippen LogP contribution is -2.38. The molecule has 1 amide bonds. The van der Waals surface area contributed by atoms with E-state index >= 15 is 0 Å². The summed E-state index contributed by atoms with van der Waals surface area (Å²) in [6.07, 6.45) is 2.41. The van der Waals surface area contributed by atoms with Gasteiger partial charge in [-0.1, -0.05) is 47.5 Å². The van der Waals surface area contributed by atoms with Crippen molar-refractivity contribution in [3.63, 3.8) is 0 Å². The Morgan fingerprint density at radius 3 is 2.32 bits per heavy atom. The summed E-state index contributed by atoms with van der Waals surface area (Å²) in [7, 11) is 0. The van der Waals surface area contributed by atoms with Crippen molar-refractivity contribution in [1.29, 1.82) is 0 Å². The van der Waals surface area contributed by atoms with Crippen LogP contribution in [0.4, 0.5) is 0 Å². The van der Waals surface area contributed by atoms with Crippen molar-refractivity contribution in [2.24, 2.45) is 0 Å². The van der Waals surface area contributed by atoms with Gasteiger partial charge in [0.1, 0.15) is 5.69 Å². The molecular formula is C25H21Cl2N3O. The summed E-state index contributed by atoms with van der Waals surface area (Å²) in [6, 6.07) is 22.7. The van der Waals surface area contributed by atoms with Crippen molar-refractivity contribution < 1.29 is 4.79 Å². The lowest BCUT2D eigenvalue weighted by Gasteiger charge is -2.26. The Morgan fingerprint density at radius 2 is 1.61 bits per heavy atom. The molecule has 2 aromatic heterocycles. The van der Waals surface area contributed by atoms with Gasteiger partial charge in [-0.05, 0) is 73.0 Å². The number of hydrogen-bond acceptors (Lipinski definition) is 3. The van der Waals surface area contributed by atoms with Gasteiger partial charge in [-0.15, -0.1) is 0 Å². The first-order valence-electron chi connectivity index (χ1n) is 10.0. The highest BCUT2D eigenvalue weighted by molar-refractivity contribution is 6.30. The Hall–Kier alpha value is -2.95. The number of aromatic nitrogens is 2. The Labute approximate surface area is 191 Å². The summed E-state index contributed by atoms with van der Waals surface area (Å²) in [5.74, 6) is -0.184. The highest BCUT2D eigenvalue weighted by Gasteiger charge is 2.23. The molecule has 156 valence electrons. The van der Waals surface area contributed by atoms with Crippen LogP contribution in [0.3, 0.4) is 0 Å². The molecule has 0 aliphatic rings. The van der Waals surface area contributed by atoms with Gasteiger partial charge < -0.3 is 5.32 Å². The second-order valence-electron chi connectivity index (χ2n) is 7.50. The van der Waals surface area contributed by atoms with Gasteiger partial charge in [-0.2, -0.15) is 0 Å². The predicted octanol–water partition coefficient (Wildman–Crippen LogP) is 6.08. The SMILES string of the molecule is C[C@@H](NC(=O)c1ccc2cccnc2n1)[C@H](Cc1ccc(Cl)cc1)c1ccc(Cl)cc1. The number of carbonyl (C=O) groups excluding carboxylic acids is 1. The number of amides is 1. The summed E-state index contributed by atoms with van der Waals surface area (Å²) >= 11 is 12.1. The fourth-order valence-electron chi connectivity index (χ4n) is 3.63. The van der Waals surface area contributed by atoms with E-state index in [1.807, 2.05) is 73.7 Å². The maximum atomic E-state index is 12.9. The van der Waals surface area contributed by atoms with E-state index in [4.69, 9.17) is 23.2 Å². The average molecular weight is 450 g/mol. The van der Waals surface area contributed by atoms with E-state index in [0.29, 0.717) is 21.4 Å². The molecule has 2 atom stereocenters. The van der Waals surface area contributed by atoms with Crippen LogP contribution in [0.25, 0.3) is 11.0 Å². The van der Waals surface area contributed by atoms with E-state index in [9.17, 15) is 4.79 Å². The number of benzene rings is 2. The van der Waals surface area contributed by atoms with Crippen molar-refractivity contribution in [3.8, 4) is 0 Å². The molecule has 0 radical (unpaired) electrons. The van der Waals surface area contributed by atoms with E-state index < -0.39 is 0 Å². The number of nitrogens with zero attached hydrogens (tertiary/aromatic N) is 2. The number of halogens is 2. The highest BCUT2D eigenvalue weighted by atomic mass is 35.5. The molecule has 0 saturated carbocycles. The zero-order chi connectivity index (χ0) is 21.8. The summed E-state index contributed by atoms with van der Waals surface area (Å²) in [5.41, 5.74) is 3.14. The topological polar surface area (TPSA) is 54.9 Å². The molecule has 4 rings (SSSR count). The minimum atomic E-state index is -0.227. The second-order valence-corrected chi connectivity index (χ2v) is 8.37. The molecule has 0 aliphatic heterocycles. The summed E-state index contributed by atoms with van der Waals surface area (Å²) in [4.78, 5) is 21.6. The zero-order valence-electron chi connectivity index (χ0n) is 16.9. The van der Waals surface area contributed by atoms with Gasteiger partial charge >= 0.3 is 0 Å². The molecule has 0 fully saturated rings. The molecule has 1 N–H and O–H groups in total. The maximum absolute atomic E-state index is 12.9. The van der Waals surface area contributed by atoms with Crippen LogP contribution in [0.15, 0.2) is 79.0 Å². The number of pyridine rings is 2. The van der Waals surface area contributed by atoms with E-state index in [1.165, 1.54) is 0 Å². The molecular weight excluding hydrogens is 429 g/mol. The van der Waals surface area contributed by atoms with Gasteiger partial charge in [0, 0.05) is 33.6 Å². The van der Waals surface area contributed by atoms with Gasteiger partial charge in [0.2, 0.25) is 0 Å². The van der Waals surface area contributed by atoms with Crippen LogP contribution in [-0.4, -0.2) is 21.9 Å². The standard InChI is InChI=1S/C25H21Cl2N3O/c1-16(29-25(31)23-13-8-19-3-2-14-28-24(19)30-23)22(18-6-11-21(27)12-7-18)15-17-4-9-20(26)10-5-17/h2-14,16,22H,15H2,1H3,(H,29,31)/t16-,22+/m1/s1. The third-order valence-electron chi connectivity index (χ3n) is 5.33. The molecule has 4 nitrogen and oxygen atoms in total. The molecule has 0 aliphatic carbocycles. The van der Waals surface area contributed by atoms with Gasteiger partial charge in [0.15, 0.2) is 5.65 Å². The van der Waals surface area contributed by atoms with Gasteiger partial charge in [0.25, 0.3) is 5.91 Å². The molecule has 2 heterocycles. The third-order valence-corrected chi connectivity index (χ3v) is 5.83. The molecule has 31 heavy (non-hydrogen) atoms. The molecule has 4 aromatic rings.